The van der Waals surface area contributed by atoms with Gasteiger partial charge in [-0.1, -0.05) is 30.7 Å². The van der Waals surface area contributed by atoms with Crippen molar-refractivity contribution in [3.63, 3.8) is 0 Å². The van der Waals surface area contributed by atoms with Crippen LogP contribution in [0.2, 0.25) is 0 Å². The van der Waals surface area contributed by atoms with Crippen molar-refractivity contribution in [3.05, 3.63) is 34.9 Å². The van der Waals surface area contributed by atoms with Gasteiger partial charge in [0.15, 0.2) is 0 Å². The van der Waals surface area contributed by atoms with E-state index in [0.29, 0.717) is 12.8 Å². The number of likely N-dealkylation sites (tertiary alicyclic amines) is 1. The normalized spacial score (nSPS) is 18.5. The molecule has 1 fully saturated rings. The van der Waals surface area contributed by atoms with Crippen molar-refractivity contribution in [2.24, 2.45) is 11.7 Å². The molecule has 1 atom stereocenters. The highest BCUT2D eigenvalue weighted by Crippen LogP contribution is 2.23. The number of hydrogen-bond acceptors (Lipinski definition) is 3. The van der Waals surface area contributed by atoms with Gasteiger partial charge in [0.1, 0.15) is 0 Å². The molecule has 0 aromatic heterocycles. The van der Waals surface area contributed by atoms with Crippen LogP contribution >= 0.6 is 0 Å². The molecule has 0 radical (unpaired) electrons. The third-order valence-electron chi connectivity index (χ3n) is 3.85. The zero-order valence-electron chi connectivity index (χ0n) is 12.3. The fraction of sp³-hybridized carbons (Fsp3) is 0.500. The standard InChI is InChI=1S/C16H22N2O2/c1-10-4-5-13(12(3)6-10)14(17)9-18-15(19)7-11(2)8-16(18)20/h4-6,11,14H,7-9,17H2,1-3H3. The summed E-state index contributed by atoms with van der Waals surface area (Å²) in [6.07, 6.45) is 0.872. The summed E-state index contributed by atoms with van der Waals surface area (Å²) in [4.78, 5) is 25.3. The molecule has 0 bridgehead atoms. The summed E-state index contributed by atoms with van der Waals surface area (Å²) < 4.78 is 0. The van der Waals surface area contributed by atoms with Gasteiger partial charge in [-0.3, -0.25) is 14.5 Å². The van der Waals surface area contributed by atoms with Gasteiger partial charge in [-0.2, -0.15) is 0 Å². The fourth-order valence-corrected chi connectivity index (χ4v) is 2.77. The number of hydrogen-bond donors (Lipinski definition) is 1. The largest absolute Gasteiger partial charge is 0.322 e. The van der Waals surface area contributed by atoms with E-state index in [1.807, 2.05) is 32.9 Å². The molecule has 2 amide bonds. The number of aryl methyl sites for hydroxylation is 2. The number of nitrogens with two attached hydrogens (primary N) is 1. The minimum atomic E-state index is -0.322. The van der Waals surface area contributed by atoms with Crippen molar-refractivity contribution in [2.75, 3.05) is 6.54 Å². The second-order valence-electron chi connectivity index (χ2n) is 5.88. The second kappa shape index (κ2) is 5.75. The van der Waals surface area contributed by atoms with E-state index < -0.39 is 0 Å². The number of piperidine rings is 1. The third-order valence-corrected chi connectivity index (χ3v) is 3.85. The van der Waals surface area contributed by atoms with Crippen LogP contribution < -0.4 is 5.73 Å². The first-order valence-electron chi connectivity index (χ1n) is 7.04. The highest BCUT2D eigenvalue weighted by molar-refractivity contribution is 5.97. The molecule has 1 aromatic carbocycles. The van der Waals surface area contributed by atoms with Crippen LogP contribution in [0, 0.1) is 19.8 Å². The van der Waals surface area contributed by atoms with E-state index in [4.69, 9.17) is 5.73 Å². The lowest BCUT2D eigenvalue weighted by Crippen LogP contribution is -2.46. The summed E-state index contributed by atoms with van der Waals surface area (Å²) in [7, 11) is 0. The Bertz CT molecular complexity index is 521. The number of amides is 2. The molecule has 1 aliphatic heterocycles. The number of benzene rings is 1. The maximum atomic E-state index is 12.0. The number of imide groups is 1. The Morgan fingerprint density at radius 3 is 2.40 bits per heavy atom. The van der Waals surface area contributed by atoms with Gasteiger partial charge in [0, 0.05) is 25.4 Å². The molecule has 1 aliphatic rings. The first-order chi connectivity index (χ1) is 9.38. The van der Waals surface area contributed by atoms with Crippen molar-refractivity contribution in [3.8, 4) is 0 Å². The molecule has 20 heavy (non-hydrogen) atoms. The van der Waals surface area contributed by atoms with Crippen LogP contribution in [0.1, 0.15) is 42.5 Å². The highest BCUT2D eigenvalue weighted by Gasteiger charge is 2.31. The quantitative estimate of drug-likeness (QED) is 0.858. The Kier molecular flexibility index (Phi) is 4.23. The molecular weight excluding hydrogens is 252 g/mol. The molecule has 108 valence electrons. The van der Waals surface area contributed by atoms with Crippen LogP contribution in [0.15, 0.2) is 18.2 Å². The fourth-order valence-electron chi connectivity index (χ4n) is 2.77. The van der Waals surface area contributed by atoms with Gasteiger partial charge < -0.3 is 5.73 Å². The summed E-state index contributed by atoms with van der Waals surface area (Å²) in [5.41, 5.74) is 9.46. The summed E-state index contributed by atoms with van der Waals surface area (Å²) in [6, 6.07) is 5.73. The van der Waals surface area contributed by atoms with E-state index in [1.54, 1.807) is 0 Å². The number of carbonyl (C=O) groups excluding carboxylic acids is 2. The molecule has 4 nitrogen and oxygen atoms in total. The van der Waals surface area contributed by atoms with Gasteiger partial charge in [-0.25, -0.2) is 0 Å². The van der Waals surface area contributed by atoms with Crippen LogP contribution in [0.5, 0.6) is 0 Å². The summed E-state index contributed by atoms with van der Waals surface area (Å²) in [5.74, 6) is -0.0634. The average Bonchev–Trinajstić information content (AvgIpc) is 2.33. The summed E-state index contributed by atoms with van der Waals surface area (Å²) >= 11 is 0. The summed E-state index contributed by atoms with van der Waals surface area (Å²) in [6.45, 7) is 6.23. The lowest BCUT2D eigenvalue weighted by Gasteiger charge is -2.30. The second-order valence-corrected chi connectivity index (χ2v) is 5.88. The van der Waals surface area contributed by atoms with Gasteiger partial charge in [0.25, 0.3) is 0 Å². The average molecular weight is 274 g/mol. The smallest absolute Gasteiger partial charge is 0.229 e. The number of rotatable bonds is 3. The molecule has 2 N–H and O–H groups in total. The Balaban J connectivity index is 2.12. The Hall–Kier alpha value is -1.68. The number of carbonyl (C=O) groups is 2. The lowest BCUT2D eigenvalue weighted by molar-refractivity contribution is -0.150. The van der Waals surface area contributed by atoms with Crippen molar-refractivity contribution in [1.29, 1.82) is 0 Å². The molecule has 1 saturated heterocycles. The van der Waals surface area contributed by atoms with E-state index in [1.165, 1.54) is 10.5 Å². The molecule has 0 spiro atoms. The van der Waals surface area contributed by atoms with Crippen molar-refractivity contribution in [2.45, 2.75) is 39.7 Å². The predicted octanol–water partition coefficient (Wildman–Crippen LogP) is 2.09. The molecule has 2 rings (SSSR count). The Morgan fingerprint density at radius 2 is 1.85 bits per heavy atom. The Morgan fingerprint density at radius 1 is 1.25 bits per heavy atom. The maximum Gasteiger partial charge on any atom is 0.229 e. The number of nitrogens with zero attached hydrogens (tertiary/aromatic N) is 1. The van der Waals surface area contributed by atoms with E-state index in [9.17, 15) is 9.59 Å². The maximum absolute atomic E-state index is 12.0. The minimum Gasteiger partial charge on any atom is -0.322 e. The lowest BCUT2D eigenvalue weighted by atomic mass is 9.95. The van der Waals surface area contributed by atoms with E-state index in [-0.39, 0.29) is 30.3 Å². The minimum absolute atomic E-state index is 0.103. The van der Waals surface area contributed by atoms with Crippen LogP contribution in [0.4, 0.5) is 0 Å². The van der Waals surface area contributed by atoms with Crippen molar-refractivity contribution < 1.29 is 9.59 Å². The van der Waals surface area contributed by atoms with Crippen LogP contribution in [0.25, 0.3) is 0 Å². The SMILES string of the molecule is Cc1ccc(C(N)CN2C(=O)CC(C)CC2=O)c(C)c1. The van der Waals surface area contributed by atoms with Gasteiger partial charge in [0.05, 0.1) is 0 Å². The summed E-state index contributed by atoms with van der Waals surface area (Å²) in [5, 5.41) is 0. The zero-order valence-corrected chi connectivity index (χ0v) is 12.3. The predicted molar refractivity (Wildman–Crippen MR) is 78.0 cm³/mol. The van der Waals surface area contributed by atoms with Gasteiger partial charge in [0.2, 0.25) is 11.8 Å². The molecule has 1 unspecified atom stereocenters. The van der Waals surface area contributed by atoms with E-state index >= 15 is 0 Å². The van der Waals surface area contributed by atoms with Crippen molar-refractivity contribution >= 4 is 11.8 Å². The van der Waals surface area contributed by atoms with Crippen LogP contribution in [-0.4, -0.2) is 23.3 Å². The van der Waals surface area contributed by atoms with Gasteiger partial charge in [-0.15, -0.1) is 0 Å². The zero-order chi connectivity index (χ0) is 14.9. The molecule has 1 heterocycles. The van der Waals surface area contributed by atoms with E-state index in [0.717, 1.165) is 11.1 Å². The molecule has 1 aromatic rings. The Labute approximate surface area is 119 Å². The first-order valence-corrected chi connectivity index (χ1v) is 7.04. The molecule has 0 saturated carbocycles. The monoisotopic (exact) mass is 274 g/mol. The van der Waals surface area contributed by atoms with Crippen molar-refractivity contribution in [1.82, 2.24) is 4.90 Å². The molecular formula is C16H22N2O2. The van der Waals surface area contributed by atoms with Gasteiger partial charge in [-0.05, 0) is 30.9 Å². The topological polar surface area (TPSA) is 63.4 Å². The van der Waals surface area contributed by atoms with Gasteiger partial charge >= 0.3 is 0 Å². The van der Waals surface area contributed by atoms with Crippen LogP contribution in [0.3, 0.4) is 0 Å². The van der Waals surface area contributed by atoms with E-state index in [2.05, 4.69) is 6.07 Å². The highest BCUT2D eigenvalue weighted by atomic mass is 16.2. The third kappa shape index (κ3) is 3.07. The van der Waals surface area contributed by atoms with Crippen LogP contribution in [-0.2, 0) is 9.59 Å². The molecule has 0 aliphatic carbocycles. The first kappa shape index (κ1) is 14.7. The molecule has 4 heteroatoms.